The summed E-state index contributed by atoms with van der Waals surface area (Å²) in [6.07, 6.45) is 6.63. The molecule has 5 heteroatoms. The van der Waals surface area contributed by atoms with Gasteiger partial charge in [0.25, 0.3) is 0 Å². The molecular weight excluding hydrogens is 272 g/mol. The molecule has 1 aromatic rings. The highest BCUT2D eigenvalue weighted by atomic mass is 32.1. The number of ether oxygens (including phenoxy) is 1. The van der Waals surface area contributed by atoms with Gasteiger partial charge in [-0.1, -0.05) is 37.5 Å². The minimum atomic E-state index is -0.295. The van der Waals surface area contributed by atoms with Gasteiger partial charge >= 0.3 is 5.97 Å². The normalized spacial score (nSPS) is 22.6. The van der Waals surface area contributed by atoms with Crippen molar-refractivity contribution < 1.29 is 9.53 Å². The third-order valence-electron chi connectivity index (χ3n) is 4.25. The van der Waals surface area contributed by atoms with Crippen LogP contribution in [0.4, 0.5) is 5.13 Å². The van der Waals surface area contributed by atoms with Crippen LogP contribution < -0.4 is 5.32 Å². The first-order valence-corrected chi connectivity index (χ1v) is 8.25. The Morgan fingerprint density at radius 1 is 1.35 bits per heavy atom. The first kappa shape index (κ1) is 15.3. The van der Waals surface area contributed by atoms with Crippen molar-refractivity contribution in [3.8, 4) is 0 Å². The summed E-state index contributed by atoms with van der Waals surface area (Å²) in [5.74, 6) is 1.37. The van der Waals surface area contributed by atoms with E-state index in [9.17, 15) is 4.79 Å². The van der Waals surface area contributed by atoms with E-state index < -0.39 is 0 Å². The van der Waals surface area contributed by atoms with E-state index in [0.717, 1.165) is 29.2 Å². The Hall–Kier alpha value is -1.10. The van der Waals surface area contributed by atoms with Gasteiger partial charge in [-0.3, -0.25) is 0 Å². The lowest BCUT2D eigenvalue weighted by Gasteiger charge is -2.27. The van der Waals surface area contributed by atoms with Crippen molar-refractivity contribution in [3.05, 3.63) is 10.6 Å². The predicted octanol–water partition coefficient (Wildman–Crippen LogP) is 3.87. The average Bonchev–Trinajstić information content (AvgIpc) is 2.86. The molecule has 0 spiro atoms. The molecule has 4 nitrogen and oxygen atoms in total. The van der Waals surface area contributed by atoms with Crippen molar-refractivity contribution >= 4 is 22.4 Å². The van der Waals surface area contributed by atoms with E-state index in [1.165, 1.54) is 50.6 Å². The van der Waals surface area contributed by atoms with Crippen molar-refractivity contribution in [2.75, 3.05) is 19.0 Å². The number of nitrogens with zero attached hydrogens (tertiary/aromatic N) is 1. The Morgan fingerprint density at radius 2 is 2.00 bits per heavy atom. The Kier molecular flexibility index (Phi) is 5.40. The fourth-order valence-electron chi connectivity index (χ4n) is 2.83. The number of hydrogen-bond acceptors (Lipinski definition) is 5. The molecule has 0 aliphatic heterocycles. The smallest absolute Gasteiger partial charge is 0.350 e. The second-order valence-electron chi connectivity index (χ2n) is 5.60. The van der Waals surface area contributed by atoms with Crippen LogP contribution in [0.2, 0.25) is 0 Å². The summed E-state index contributed by atoms with van der Waals surface area (Å²) in [4.78, 5) is 16.5. The molecule has 1 heterocycles. The zero-order valence-corrected chi connectivity index (χ0v) is 13.4. The molecule has 1 aliphatic carbocycles. The van der Waals surface area contributed by atoms with Crippen molar-refractivity contribution in [2.24, 2.45) is 11.8 Å². The number of nitrogens with one attached hydrogen (secondary N) is 1. The second kappa shape index (κ2) is 7.07. The number of hydrogen-bond donors (Lipinski definition) is 1. The first-order valence-electron chi connectivity index (χ1n) is 7.43. The molecule has 1 aromatic heterocycles. The van der Waals surface area contributed by atoms with E-state index in [2.05, 4.69) is 17.2 Å². The van der Waals surface area contributed by atoms with Crippen molar-refractivity contribution in [3.63, 3.8) is 0 Å². The molecule has 0 atom stereocenters. The number of aromatic nitrogens is 1. The highest BCUT2D eigenvalue weighted by Gasteiger charge is 2.21. The van der Waals surface area contributed by atoms with Gasteiger partial charge in [0.15, 0.2) is 5.13 Å². The Bertz CT molecular complexity index is 451. The molecule has 0 saturated heterocycles. The third-order valence-corrected chi connectivity index (χ3v) is 5.35. The van der Waals surface area contributed by atoms with Crippen LogP contribution in [0.1, 0.15) is 54.4 Å². The van der Waals surface area contributed by atoms with E-state index >= 15 is 0 Å². The van der Waals surface area contributed by atoms with Gasteiger partial charge in [-0.25, -0.2) is 9.78 Å². The quantitative estimate of drug-likeness (QED) is 0.838. The first-order chi connectivity index (χ1) is 9.63. The molecular formula is C15H24N2O2S. The summed E-state index contributed by atoms with van der Waals surface area (Å²) in [5.41, 5.74) is 0.749. The van der Waals surface area contributed by atoms with Crippen LogP contribution in [0.3, 0.4) is 0 Å². The molecule has 1 saturated carbocycles. The van der Waals surface area contributed by atoms with Gasteiger partial charge in [0, 0.05) is 6.54 Å². The Balaban J connectivity index is 1.84. The molecule has 0 unspecified atom stereocenters. The molecule has 0 amide bonds. The zero-order chi connectivity index (χ0) is 14.5. The Morgan fingerprint density at radius 3 is 2.60 bits per heavy atom. The van der Waals surface area contributed by atoms with Crippen LogP contribution in [-0.2, 0) is 4.74 Å². The third kappa shape index (κ3) is 3.72. The number of thiazole rings is 1. The molecule has 0 radical (unpaired) electrons. The molecule has 1 aliphatic rings. The number of methoxy groups -OCH3 is 1. The minimum Gasteiger partial charge on any atom is -0.465 e. The lowest BCUT2D eigenvalue weighted by Crippen LogP contribution is -2.20. The molecule has 0 bridgehead atoms. The summed E-state index contributed by atoms with van der Waals surface area (Å²) in [7, 11) is 1.40. The van der Waals surface area contributed by atoms with E-state index in [1.807, 2.05) is 6.92 Å². The van der Waals surface area contributed by atoms with Crippen molar-refractivity contribution in [1.82, 2.24) is 4.98 Å². The topological polar surface area (TPSA) is 51.2 Å². The largest absolute Gasteiger partial charge is 0.465 e. The molecule has 20 heavy (non-hydrogen) atoms. The average molecular weight is 296 g/mol. The molecule has 112 valence electrons. The van der Waals surface area contributed by atoms with E-state index in [0.29, 0.717) is 4.88 Å². The molecule has 0 aromatic carbocycles. The summed E-state index contributed by atoms with van der Waals surface area (Å²) in [5, 5.41) is 4.22. The van der Waals surface area contributed by atoms with Gasteiger partial charge < -0.3 is 10.1 Å². The monoisotopic (exact) mass is 296 g/mol. The van der Waals surface area contributed by atoms with Crippen LogP contribution in [0.5, 0.6) is 0 Å². The minimum absolute atomic E-state index is 0.295. The lowest BCUT2D eigenvalue weighted by molar-refractivity contribution is 0.0605. The summed E-state index contributed by atoms with van der Waals surface area (Å²) in [6.45, 7) is 5.10. The van der Waals surface area contributed by atoms with Crippen molar-refractivity contribution in [2.45, 2.75) is 46.0 Å². The van der Waals surface area contributed by atoms with Gasteiger partial charge in [-0.2, -0.15) is 0 Å². The van der Waals surface area contributed by atoms with Crippen LogP contribution in [-0.4, -0.2) is 24.6 Å². The lowest BCUT2D eigenvalue weighted by atomic mass is 9.81. The number of carbonyl (C=O) groups excluding carboxylic acids is 1. The van der Waals surface area contributed by atoms with E-state index in [4.69, 9.17) is 4.74 Å². The summed E-state index contributed by atoms with van der Waals surface area (Å²) < 4.78 is 4.75. The summed E-state index contributed by atoms with van der Waals surface area (Å²) >= 11 is 1.39. The van der Waals surface area contributed by atoms with Gasteiger partial charge in [-0.05, 0) is 31.6 Å². The number of carbonyl (C=O) groups is 1. The van der Waals surface area contributed by atoms with Gasteiger partial charge in [0.05, 0.1) is 12.8 Å². The standard InChI is InChI=1S/C15H24N2O2S/c1-4-11-5-7-12(8-6-11)9-16-15-17-10(2)13(20-15)14(18)19-3/h11-12H,4-9H2,1-3H3,(H,16,17). The number of rotatable bonds is 5. The zero-order valence-electron chi connectivity index (χ0n) is 12.6. The molecule has 1 fully saturated rings. The van der Waals surface area contributed by atoms with Crippen LogP contribution in [0, 0.1) is 18.8 Å². The maximum Gasteiger partial charge on any atom is 0.350 e. The van der Waals surface area contributed by atoms with Gasteiger partial charge in [-0.15, -0.1) is 0 Å². The maximum absolute atomic E-state index is 11.5. The number of aryl methyl sites for hydroxylation is 1. The predicted molar refractivity (Wildman–Crippen MR) is 82.4 cm³/mol. The number of esters is 1. The van der Waals surface area contributed by atoms with Crippen molar-refractivity contribution in [1.29, 1.82) is 0 Å². The van der Waals surface area contributed by atoms with Crippen LogP contribution in [0.25, 0.3) is 0 Å². The Labute approximate surface area is 124 Å². The fraction of sp³-hybridized carbons (Fsp3) is 0.733. The maximum atomic E-state index is 11.5. The molecule has 1 N–H and O–H groups in total. The van der Waals surface area contributed by atoms with E-state index in [-0.39, 0.29) is 5.97 Å². The van der Waals surface area contributed by atoms with E-state index in [1.54, 1.807) is 0 Å². The highest BCUT2D eigenvalue weighted by Crippen LogP contribution is 2.31. The van der Waals surface area contributed by atoms with Gasteiger partial charge in [0.2, 0.25) is 0 Å². The fourth-order valence-corrected chi connectivity index (χ4v) is 3.72. The van der Waals surface area contributed by atoms with Crippen LogP contribution in [0.15, 0.2) is 0 Å². The number of anilines is 1. The van der Waals surface area contributed by atoms with Gasteiger partial charge in [0.1, 0.15) is 4.88 Å². The second-order valence-corrected chi connectivity index (χ2v) is 6.60. The van der Waals surface area contributed by atoms with Crippen LogP contribution >= 0.6 is 11.3 Å². The highest BCUT2D eigenvalue weighted by molar-refractivity contribution is 7.17. The SMILES string of the molecule is CCC1CCC(CNc2nc(C)c(C(=O)OC)s2)CC1. The summed E-state index contributed by atoms with van der Waals surface area (Å²) in [6, 6.07) is 0. The molecule has 2 rings (SSSR count).